The molecule has 0 spiro atoms. The van der Waals surface area contributed by atoms with E-state index in [1.165, 1.54) is 5.69 Å². The van der Waals surface area contributed by atoms with Crippen LogP contribution in [0.25, 0.3) is 0 Å². The van der Waals surface area contributed by atoms with Crippen molar-refractivity contribution in [2.45, 2.75) is 80.2 Å². The van der Waals surface area contributed by atoms with Crippen LogP contribution in [0.5, 0.6) is 0 Å². The Hall–Kier alpha value is -1.77. The fourth-order valence-electron chi connectivity index (χ4n) is 3.09. The number of anilines is 1. The van der Waals surface area contributed by atoms with Gasteiger partial charge in [-0.05, 0) is 69.7 Å². The molecule has 0 fully saturated rings. The molecule has 0 radical (unpaired) electrons. The summed E-state index contributed by atoms with van der Waals surface area (Å²) < 4.78 is 0. The van der Waals surface area contributed by atoms with Gasteiger partial charge in [0.1, 0.15) is 0 Å². The molecule has 3 nitrogen and oxygen atoms in total. The Bertz CT molecular complexity index is 611. The maximum absolute atomic E-state index is 12.7. The topological polar surface area (TPSA) is 23.6 Å². The lowest BCUT2D eigenvalue weighted by Gasteiger charge is -2.36. The molecule has 0 amide bonds. The molecule has 28 heavy (non-hydrogen) atoms. The fraction of sp³-hybridized carbons (Fsp3) is 0.640. The van der Waals surface area contributed by atoms with Crippen LogP contribution in [0.4, 0.5) is 5.69 Å². The van der Waals surface area contributed by atoms with Gasteiger partial charge in [0, 0.05) is 48.7 Å². The molecule has 1 aromatic rings. The SMILES string of the molecule is CCCN(CCC)c1ccc(C(=O)/C=C/N(CCC(C)(C)C)C(C)(C)C)cc1. The van der Waals surface area contributed by atoms with Gasteiger partial charge in [-0.2, -0.15) is 0 Å². The van der Waals surface area contributed by atoms with E-state index < -0.39 is 0 Å². The third-order valence-electron chi connectivity index (χ3n) is 4.87. The van der Waals surface area contributed by atoms with Gasteiger partial charge in [-0.3, -0.25) is 4.79 Å². The van der Waals surface area contributed by atoms with E-state index in [-0.39, 0.29) is 16.7 Å². The predicted molar refractivity (Wildman–Crippen MR) is 123 cm³/mol. The van der Waals surface area contributed by atoms with Crippen molar-refractivity contribution < 1.29 is 4.79 Å². The number of hydrogen-bond donors (Lipinski definition) is 0. The number of allylic oxidation sites excluding steroid dienone is 1. The normalized spacial score (nSPS) is 12.4. The second-order valence-electron chi connectivity index (χ2n) is 9.89. The molecular weight excluding hydrogens is 344 g/mol. The van der Waals surface area contributed by atoms with Crippen LogP contribution >= 0.6 is 0 Å². The van der Waals surface area contributed by atoms with E-state index in [1.54, 1.807) is 6.08 Å². The van der Waals surface area contributed by atoms with Crippen molar-refractivity contribution in [3.63, 3.8) is 0 Å². The van der Waals surface area contributed by atoms with Gasteiger partial charge >= 0.3 is 0 Å². The molecular formula is C25H42N2O. The van der Waals surface area contributed by atoms with E-state index >= 15 is 0 Å². The summed E-state index contributed by atoms with van der Waals surface area (Å²) in [6, 6.07) is 8.06. The highest BCUT2D eigenvalue weighted by Gasteiger charge is 2.20. The van der Waals surface area contributed by atoms with Crippen molar-refractivity contribution in [2.75, 3.05) is 24.5 Å². The summed E-state index contributed by atoms with van der Waals surface area (Å²) in [5.74, 6) is 0.0640. The second-order valence-corrected chi connectivity index (χ2v) is 9.89. The number of hydrogen-bond acceptors (Lipinski definition) is 3. The van der Waals surface area contributed by atoms with Crippen LogP contribution in [-0.2, 0) is 0 Å². The van der Waals surface area contributed by atoms with Crippen molar-refractivity contribution in [3.05, 3.63) is 42.1 Å². The van der Waals surface area contributed by atoms with E-state index in [1.807, 2.05) is 18.3 Å². The van der Waals surface area contributed by atoms with Gasteiger partial charge in [-0.25, -0.2) is 0 Å². The van der Waals surface area contributed by atoms with Crippen LogP contribution in [0.15, 0.2) is 36.5 Å². The van der Waals surface area contributed by atoms with Crippen LogP contribution in [0.2, 0.25) is 0 Å². The molecule has 0 heterocycles. The fourth-order valence-corrected chi connectivity index (χ4v) is 3.09. The van der Waals surface area contributed by atoms with Crippen LogP contribution in [0.1, 0.15) is 85.0 Å². The van der Waals surface area contributed by atoms with Crippen LogP contribution in [0, 0.1) is 5.41 Å². The minimum Gasteiger partial charge on any atom is -0.372 e. The highest BCUT2D eigenvalue weighted by Crippen LogP contribution is 2.23. The zero-order valence-electron chi connectivity index (χ0n) is 19.5. The van der Waals surface area contributed by atoms with Crippen LogP contribution in [-0.4, -0.2) is 35.9 Å². The molecule has 0 unspecified atom stereocenters. The highest BCUT2D eigenvalue weighted by atomic mass is 16.1. The van der Waals surface area contributed by atoms with Gasteiger partial charge in [0.05, 0.1) is 0 Å². The molecule has 0 aliphatic heterocycles. The van der Waals surface area contributed by atoms with Crippen molar-refractivity contribution in [2.24, 2.45) is 5.41 Å². The molecule has 0 aliphatic rings. The third kappa shape index (κ3) is 8.50. The Morgan fingerprint density at radius 1 is 0.893 bits per heavy atom. The molecule has 3 heteroatoms. The number of carbonyl (C=O) groups excluding carboxylic acids is 1. The van der Waals surface area contributed by atoms with Gasteiger partial charge in [0.15, 0.2) is 5.78 Å². The zero-order chi connectivity index (χ0) is 21.4. The van der Waals surface area contributed by atoms with Gasteiger partial charge in [-0.1, -0.05) is 34.6 Å². The van der Waals surface area contributed by atoms with Crippen molar-refractivity contribution in [1.82, 2.24) is 4.90 Å². The minimum absolute atomic E-state index is 0.00725. The molecule has 0 N–H and O–H groups in total. The number of carbonyl (C=O) groups is 1. The highest BCUT2D eigenvalue weighted by molar-refractivity contribution is 6.04. The predicted octanol–water partition coefficient (Wildman–Crippen LogP) is 6.55. The Labute approximate surface area is 173 Å². The maximum Gasteiger partial charge on any atom is 0.187 e. The first-order valence-corrected chi connectivity index (χ1v) is 10.8. The van der Waals surface area contributed by atoms with Gasteiger partial charge in [0.2, 0.25) is 0 Å². The Morgan fingerprint density at radius 3 is 1.86 bits per heavy atom. The average Bonchev–Trinajstić information content (AvgIpc) is 2.59. The quantitative estimate of drug-likeness (QED) is 0.337. The smallest absolute Gasteiger partial charge is 0.187 e. The first-order chi connectivity index (χ1) is 13.0. The lowest BCUT2D eigenvalue weighted by molar-refractivity contribution is 0.104. The molecule has 0 atom stereocenters. The first-order valence-electron chi connectivity index (χ1n) is 10.8. The van der Waals surface area contributed by atoms with Crippen molar-refractivity contribution in [3.8, 4) is 0 Å². The molecule has 1 aromatic carbocycles. The van der Waals surface area contributed by atoms with Crippen molar-refractivity contribution >= 4 is 11.5 Å². The Balaban J connectivity index is 2.86. The second kappa shape index (κ2) is 10.7. The zero-order valence-corrected chi connectivity index (χ0v) is 19.5. The first kappa shape index (κ1) is 24.3. The summed E-state index contributed by atoms with van der Waals surface area (Å²) in [5, 5.41) is 0. The number of benzene rings is 1. The van der Waals surface area contributed by atoms with Crippen LogP contribution < -0.4 is 4.90 Å². The third-order valence-corrected chi connectivity index (χ3v) is 4.87. The lowest BCUT2D eigenvalue weighted by Crippen LogP contribution is -2.39. The Kier molecular flexibility index (Phi) is 9.26. The largest absolute Gasteiger partial charge is 0.372 e. The monoisotopic (exact) mass is 386 g/mol. The van der Waals surface area contributed by atoms with E-state index in [0.29, 0.717) is 0 Å². The summed E-state index contributed by atoms with van der Waals surface area (Å²) in [6.45, 7) is 20.8. The average molecular weight is 387 g/mol. The Morgan fingerprint density at radius 2 is 1.43 bits per heavy atom. The summed E-state index contributed by atoms with van der Waals surface area (Å²) in [5.41, 5.74) is 2.22. The number of rotatable bonds is 10. The molecule has 0 aromatic heterocycles. The standard InChI is InChI=1S/C25H42N2O/c1-9-17-26(18-10-2)22-13-11-21(12-14-22)23(28)15-19-27(25(6,7)8)20-16-24(3,4)5/h11-15,19H,9-10,16-18,20H2,1-8H3/b19-15+. The van der Waals surface area contributed by atoms with E-state index in [9.17, 15) is 4.79 Å². The van der Waals surface area contributed by atoms with E-state index in [4.69, 9.17) is 0 Å². The number of ketones is 1. The summed E-state index contributed by atoms with van der Waals surface area (Å²) in [4.78, 5) is 17.3. The van der Waals surface area contributed by atoms with Gasteiger partial charge < -0.3 is 9.80 Å². The maximum atomic E-state index is 12.7. The summed E-state index contributed by atoms with van der Waals surface area (Å²) in [6.07, 6.45) is 7.03. The van der Waals surface area contributed by atoms with Gasteiger partial charge in [-0.15, -0.1) is 0 Å². The molecule has 158 valence electrons. The molecule has 1 rings (SSSR count). The molecule has 0 saturated heterocycles. The summed E-state index contributed by atoms with van der Waals surface area (Å²) >= 11 is 0. The number of nitrogens with zero attached hydrogens (tertiary/aromatic N) is 2. The van der Waals surface area contributed by atoms with E-state index in [2.05, 4.69) is 77.3 Å². The summed E-state index contributed by atoms with van der Waals surface area (Å²) in [7, 11) is 0. The van der Waals surface area contributed by atoms with Crippen molar-refractivity contribution in [1.29, 1.82) is 0 Å². The minimum atomic E-state index is -0.00725. The van der Waals surface area contributed by atoms with Gasteiger partial charge in [0.25, 0.3) is 0 Å². The van der Waals surface area contributed by atoms with E-state index in [0.717, 1.165) is 44.5 Å². The molecule has 0 aliphatic carbocycles. The van der Waals surface area contributed by atoms with Crippen LogP contribution in [0.3, 0.4) is 0 Å². The molecule has 0 saturated carbocycles. The lowest BCUT2D eigenvalue weighted by atomic mass is 9.91. The molecule has 0 bridgehead atoms.